The molecule has 2 fully saturated rings. The molecule has 0 bridgehead atoms. The molecule has 1 aromatic heterocycles. The minimum Gasteiger partial charge on any atom is -0.340 e. The lowest BCUT2D eigenvalue weighted by atomic mass is 9.92. The molecule has 2 atom stereocenters. The number of rotatable bonds is 3. The van der Waals surface area contributed by atoms with E-state index in [1.165, 1.54) is 32.4 Å². The summed E-state index contributed by atoms with van der Waals surface area (Å²) in [6.45, 7) is 10.9. The van der Waals surface area contributed by atoms with Gasteiger partial charge in [0, 0.05) is 32.1 Å². The van der Waals surface area contributed by atoms with Crippen LogP contribution in [0.3, 0.4) is 0 Å². The summed E-state index contributed by atoms with van der Waals surface area (Å²) < 4.78 is 5.11. The largest absolute Gasteiger partial charge is 0.340 e. The van der Waals surface area contributed by atoms with Gasteiger partial charge in [0.15, 0.2) is 5.82 Å². The summed E-state index contributed by atoms with van der Waals surface area (Å²) in [7, 11) is 0. The molecule has 2 saturated heterocycles. The summed E-state index contributed by atoms with van der Waals surface area (Å²) >= 11 is 0. The molecule has 0 amide bonds. The summed E-state index contributed by atoms with van der Waals surface area (Å²) in [5.74, 6) is 2.15. The highest BCUT2D eigenvalue weighted by Crippen LogP contribution is 2.27. The predicted molar refractivity (Wildman–Crippen MR) is 77.3 cm³/mol. The van der Waals surface area contributed by atoms with Crippen molar-refractivity contribution in [3.8, 4) is 0 Å². The highest BCUT2D eigenvalue weighted by Gasteiger charge is 2.36. The van der Waals surface area contributed by atoms with Gasteiger partial charge in [0.25, 0.3) is 0 Å². The van der Waals surface area contributed by atoms with E-state index in [9.17, 15) is 0 Å². The van der Waals surface area contributed by atoms with Gasteiger partial charge in [0.1, 0.15) is 0 Å². The molecule has 3 heterocycles. The third-order valence-corrected chi connectivity index (χ3v) is 4.77. The van der Waals surface area contributed by atoms with Gasteiger partial charge in [-0.15, -0.1) is 0 Å². The SMILES string of the molecule is Cc1nc(CN2CC3CCCCN3CC2C(C)C)no1. The standard InChI is InChI=1S/C15H26N4O/c1-11(2)14-9-18-7-5-4-6-13(18)8-19(14)10-15-16-12(3)20-17-15/h11,13-14H,4-10H2,1-3H3. The van der Waals surface area contributed by atoms with Crippen molar-refractivity contribution in [2.24, 2.45) is 5.92 Å². The van der Waals surface area contributed by atoms with E-state index in [1.54, 1.807) is 0 Å². The van der Waals surface area contributed by atoms with Crippen molar-refractivity contribution in [1.29, 1.82) is 0 Å². The molecule has 0 N–H and O–H groups in total. The van der Waals surface area contributed by atoms with E-state index >= 15 is 0 Å². The van der Waals surface area contributed by atoms with Gasteiger partial charge in [-0.25, -0.2) is 0 Å². The Morgan fingerprint density at radius 1 is 1.30 bits per heavy atom. The minimum absolute atomic E-state index is 0.600. The lowest BCUT2D eigenvalue weighted by Crippen LogP contribution is -2.60. The van der Waals surface area contributed by atoms with Crippen LogP contribution in [0, 0.1) is 12.8 Å². The van der Waals surface area contributed by atoms with Crippen molar-refractivity contribution in [3.05, 3.63) is 11.7 Å². The van der Waals surface area contributed by atoms with Crippen molar-refractivity contribution >= 4 is 0 Å². The van der Waals surface area contributed by atoms with E-state index in [1.807, 2.05) is 6.92 Å². The lowest BCUT2D eigenvalue weighted by Gasteiger charge is -2.49. The van der Waals surface area contributed by atoms with E-state index in [4.69, 9.17) is 4.52 Å². The number of nitrogens with zero attached hydrogens (tertiary/aromatic N) is 4. The topological polar surface area (TPSA) is 45.4 Å². The molecule has 1 aromatic rings. The van der Waals surface area contributed by atoms with Crippen LogP contribution in [0.25, 0.3) is 0 Å². The molecule has 3 rings (SSSR count). The van der Waals surface area contributed by atoms with Gasteiger partial charge >= 0.3 is 0 Å². The first-order valence-corrected chi connectivity index (χ1v) is 7.91. The van der Waals surface area contributed by atoms with Crippen LogP contribution >= 0.6 is 0 Å². The molecule has 2 aliphatic rings. The van der Waals surface area contributed by atoms with Crippen molar-refractivity contribution in [1.82, 2.24) is 19.9 Å². The zero-order chi connectivity index (χ0) is 14.1. The highest BCUT2D eigenvalue weighted by atomic mass is 16.5. The van der Waals surface area contributed by atoms with Gasteiger partial charge in [-0.1, -0.05) is 25.4 Å². The number of piperidine rings is 1. The molecule has 2 unspecified atom stereocenters. The third kappa shape index (κ3) is 2.88. The van der Waals surface area contributed by atoms with Gasteiger partial charge in [-0.2, -0.15) is 4.98 Å². The van der Waals surface area contributed by atoms with E-state index in [0.29, 0.717) is 17.9 Å². The number of piperazine rings is 1. The van der Waals surface area contributed by atoms with Gasteiger partial charge < -0.3 is 4.52 Å². The summed E-state index contributed by atoms with van der Waals surface area (Å²) in [6, 6.07) is 1.33. The smallest absolute Gasteiger partial charge is 0.223 e. The van der Waals surface area contributed by atoms with Crippen LogP contribution in [0.4, 0.5) is 0 Å². The number of aryl methyl sites for hydroxylation is 1. The molecule has 0 aliphatic carbocycles. The fourth-order valence-corrected chi connectivity index (χ4v) is 3.67. The maximum Gasteiger partial charge on any atom is 0.223 e. The number of hydrogen-bond donors (Lipinski definition) is 0. The van der Waals surface area contributed by atoms with Crippen LogP contribution in [-0.4, -0.2) is 51.7 Å². The van der Waals surface area contributed by atoms with Gasteiger partial charge in [-0.3, -0.25) is 9.80 Å². The van der Waals surface area contributed by atoms with E-state index in [0.717, 1.165) is 25.0 Å². The summed E-state index contributed by atoms with van der Waals surface area (Å²) in [4.78, 5) is 9.64. The molecule has 0 aromatic carbocycles. The van der Waals surface area contributed by atoms with Gasteiger partial charge in [0.2, 0.25) is 5.89 Å². The van der Waals surface area contributed by atoms with E-state index in [-0.39, 0.29) is 0 Å². The average Bonchev–Trinajstić information content (AvgIpc) is 2.83. The zero-order valence-corrected chi connectivity index (χ0v) is 12.9. The van der Waals surface area contributed by atoms with Crippen molar-refractivity contribution in [2.75, 3.05) is 19.6 Å². The van der Waals surface area contributed by atoms with Crippen molar-refractivity contribution in [2.45, 2.75) is 58.7 Å². The second-order valence-electron chi connectivity index (χ2n) is 6.61. The Labute approximate surface area is 121 Å². The highest BCUT2D eigenvalue weighted by molar-refractivity contribution is 4.94. The first-order valence-electron chi connectivity index (χ1n) is 7.91. The zero-order valence-electron chi connectivity index (χ0n) is 12.9. The summed E-state index contributed by atoms with van der Waals surface area (Å²) in [5, 5.41) is 4.07. The first kappa shape index (κ1) is 14.0. The molecule has 0 spiro atoms. The molecule has 0 radical (unpaired) electrons. The van der Waals surface area contributed by atoms with Crippen LogP contribution in [-0.2, 0) is 6.54 Å². The van der Waals surface area contributed by atoms with E-state index < -0.39 is 0 Å². The maximum atomic E-state index is 5.11. The number of fused-ring (bicyclic) bond motifs is 1. The summed E-state index contributed by atoms with van der Waals surface area (Å²) in [6.07, 6.45) is 4.08. The second-order valence-corrected chi connectivity index (χ2v) is 6.61. The molecule has 5 heteroatoms. The Kier molecular flexibility index (Phi) is 4.08. The maximum absolute atomic E-state index is 5.11. The van der Waals surface area contributed by atoms with E-state index in [2.05, 4.69) is 33.8 Å². The fourth-order valence-electron chi connectivity index (χ4n) is 3.67. The van der Waals surface area contributed by atoms with Crippen LogP contribution in [0.15, 0.2) is 4.52 Å². The predicted octanol–water partition coefficient (Wildman–Crippen LogP) is 2.07. The van der Waals surface area contributed by atoms with Crippen LogP contribution < -0.4 is 0 Å². The molecule has 0 saturated carbocycles. The van der Waals surface area contributed by atoms with Gasteiger partial charge in [-0.05, 0) is 25.3 Å². The third-order valence-electron chi connectivity index (χ3n) is 4.77. The number of aromatic nitrogens is 2. The first-order chi connectivity index (χ1) is 9.63. The average molecular weight is 278 g/mol. The van der Waals surface area contributed by atoms with Crippen molar-refractivity contribution in [3.63, 3.8) is 0 Å². The van der Waals surface area contributed by atoms with Crippen LogP contribution in [0.5, 0.6) is 0 Å². The Hall–Kier alpha value is -0.940. The second kappa shape index (κ2) is 5.82. The minimum atomic E-state index is 0.600. The fraction of sp³-hybridized carbons (Fsp3) is 0.867. The quantitative estimate of drug-likeness (QED) is 0.847. The molecule has 20 heavy (non-hydrogen) atoms. The molecule has 112 valence electrons. The molecule has 5 nitrogen and oxygen atoms in total. The van der Waals surface area contributed by atoms with Gasteiger partial charge in [0.05, 0.1) is 6.54 Å². The Bertz CT molecular complexity index is 445. The Balaban J connectivity index is 1.72. The molecular weight excluding hydrogens is 252 g/mol. The van der Waals surface area contributed by atoms with Crippen LogP contribution in [0.2, 0.25) is 0 Å². The Morgan fingerprint density at radius 2 is 2.15 bits per heavy atom. The summed E-state index contributed by atoms with van der Waals surface area (Å²) in [5.41, 5.74) is 0. The van der Waals surface area contributed by atoms with Crippen molar-refractivity contribution < 1.29 is 4.52 Å². The molecule has 2 aliphatic heterocycles. The number of hydrogen-bond acceptors (Lipinski definition) is 5. The normalized spacial score (nSPS) is 28.8. The van der Waals surface area contributed by atoms with Crippen LogP contribution in [0.1, 0.15) is 44.8 Å². The molecular formula is C15H26N4O. The lowest BCUT2D eigenvalue weighted by molar-refractivity contribution is -0.0132. The monoisotopic (exact) mass is 278 g/mol. The Morgan fingerprint density at radius 3 is 2.85 bits per heavy atom.